The molecule has 0 aliphatic carbocycles. The van der Waals surface area contributed by atoms with Crippen molar-refractivity contribution in [3.63, 3.8) is 0 Å². The third-order valence-corrected chi connectivity index (χ3v) is 5.51. The van der Waals surface area contributed by atoms with Crippen LogP contribution in [0.1, 0.15) is 12.0 Å². The van der Waals surface area contributed by atoms with E-state index in [4.69, 9.17) is 9.47 Å². The molecule has 31 heavy (non-hydrogen) atoms. The summed E-state index contributed by atoms with van der Waals surface area (Å²) in [4.78, 5) is 0. The molecule has 0 saturated heterocycles. The molecule has 0 spiro atoms. The first kappa shape index (κ1) is 21.5. The van der Waals surface area contributed by atoms with Crippen LogP contribution < -0.4 is 9.47 Å². The minimum atomic E-state index is -4.30. The highest BCUT2D eigenvalue weighted by Gasteiger charge is 2.27. The lowest BCUT2D eigenvalue weighted by Gasteiger charge is -2.11. The highest BCUT2D eigenvalue weighted by molar-refractivity contribution is 7.99. The number of halogens is 3. The van der Waals surface area contributed by atoms with E-state index in [1.165, 1.54) is 11.8 Å². The lowest BCUT2D eigenvalue weighted by molar-refractivity contribution is -0.173. The number of benzene rings is 2. The SMILES string of the molecule is FC(F)(F)COCCCSc1nnc(-c2ccccc2)n1Cc1ccc2c(c1)OCO2. The van der Waals surface area contributed by atoms with Crippen LogP contribution >= 0.6 is 11.8 Å². The number of fused-ring (bicyclic) bond motifs is 1. The van der Waals surface area contributed by atoms with E-state index in [-0.39, 0.29) is 13.4 Å². The van der Waals surface area contributed by atoms with E-state index in [0.717, 1.165) is 11.1 Å². The van der Waals surface area contributed by atoms with Crippen molar-refractivity contribution in [2.45, 2.75) is 24.3 Å². The molecule has 0 N–H and O–H groups in total. The molecule has 2 aromatic carbocycles. The zero-order valence-electron chi connectivity index (χ0n) is 16.5. The molecule has 2 heterocycles. The van der Waals surface area contributed by atoms with E-state index < -0.39 is 12.8 Å². The van der Waals surface area contributed by atoms with Gasteiger partial charge in [-0.3, -0.25) is 4.57 Å². The van der Waals surface area contributed by atoms with E-state index in [2.05, 4.69) is 14.9 Å². The van der Waals surface area contributed by atoms with Crippen molar-refractivity contribution in [2.75, 3.05) is 25.8 Å². The Balaban J connectivity index is 1.47. The van der Waals surface area contributed by atoms with Gasteiger partial charge < -0.3 is 14.2 Å². The van der Waals surface area contributed by atoms with E-state index in [0.29, 0.717) is 41.2 Å². The molecule has 6 nitrogen and oxygen atoms in total. The average Bonchev–Trinajstić information content (AvgIpc) is 3.37. The van der Waals surface area contributed by atoms with Crippen molar-refractivity contribution in [1.29, 1.82) is 0 Å². The summed E-state index contributed by atoms with van der Waals surface area (Å²) in [5.41, 5.74) is 1.92. The Labute approximate surface area is 181 Å². The molecule has 1 aliphatic rings. The highest BCUT2D eigenvalue weighted by atomic mass is 32.2. The lowest BCUT2D eigenvalue weighted by atomic mass is 10.2. The zero-order chi connectivity index (χ0) is 21.7. The fraction of sp³-hybridized carbons (Fsp3) is 0.333. The molecule has 10 heteroatoms. The molecular weight excluding hydrogens is 431 g/mol. The van der Waals surface area contributed by atoms with Gasteiger partial charge in [-0.2, -0.15) is 13.2 Å². The van der Waals surface area contributed by atoms with Gasteiger partial charge in [0.15, 0.2) is 22.5 Å². The van der Waals surface area contributed by atoms with Crippen LogP contribution in [-0.4, -0.2) is 46.7 Å². The Morgan fingerprint density at radius 2 is 1.84 bits per heavy atom. The number of hydrogen-bond acceptors (Lipinski definition) is 6. The Hall–Kier alpha value is -2.72. The first-order chi connectivity index (χ1) is 15.0. The minimum Gasteiger partial charge on any atom is -0.454 e. The largest absolute Gasteiger partial charge is 0.454 e. The summed E-state index contributed by atoms with van der Waals surface area (Å²) in [7, 11) is 0. The van der Waals surface area contributed by atoms with Gasteiger partial charge in [0.25, 0.3) is 0 Å². The molecule has 4 rings (SSSR count). The van der Waals surface area contributed by atoms with Crippen molar-refractivity contribution in [3.8, 4) is 22.9 Å². The summed E-state index contributed by atoms with van der Waals surface area (Å²) >= 11 is 1.44. The molecule has 1 aliphatic heterocycles. The van der Waals surface area contributed by atoms with E-state index in [1.807, 2.05) is 53.1 Å². The standard InChI is InChI=1S/C21H20F3N3O3S/c22-21(23,24)13-28-9-4-10-31-20-26-25-19(16-5-2-1-3-6-16)27(20)12-15-7-8-17-18(11-15)30-14-29-17/h1-3,5-8,11H,4,9-10,12-14H2. The van der Waals surface area contributed by atoms with Gasteiger partial charge in [-0.15, -0.1) is 10.2 Å². The number of rotatable bonds is 9. The third-order valence-electron chi connectivity index (χ3n) is 4.46. The maximum Gasteiger partial charge on any atom is 0.411 e. The van der Waals surface area contributed by atoms with E-state index >= 15 is 0 Å². The second-order valence-electron chi connectivity index (χ2n) is 6.82. The van der Waals surface area contributed by atoms with Crippen molar-refractivity contribution in [2.24, 2.45) is 0 Å². The topological polar surface area (TPSA) is 58.4 Å². The number of thioether (sulfide) groups is 1. The Kier molecular flexibility index (Phi) is 6.67. The first-order valence-electron chi connectivity index (χ1n) is 9.64. The first-order valence-corrected chi connectivity index (χ1v) is 10.6. The molecule has 1 aromatic heterocycles. The van der Waals surface area contributed by atoms with Gasteiger partial charge in [-0.1, -0.05) is 48.2 Å². The summed E-state index contributed by atoms with van der Waals surface area (Å²) in [5, 5.41) is 9.36. The predicted molar refractivity (Wildman–Crippen MR) is 109 cm³/mol. The van der Waals surface area contributed by atoms with Crippen molar-refractivity contribution < 1.29 is 27.4 Å². The molecule has 0 bridgehead atoms. The highest BCUT2D eigenvalue weighted by Crippen LogP contribution is 2.33. The van der Waals surface area contributed by atoms with Crippen LogP contribution in [0, 0.1) is 0 Å². The number of nitrogens with zero attached hydrogens (tertiary/aromatic N) is 3. The van der Waals surface area contributed by atoms with Gasteiger partial charge in [0, 0.05) is 17.9 Å². The zero-order valence-corrected chi connectivity index (χ0v) is 17.3. The Morgan fingerprint density at radius 1 is 1.03 bits per heavy atom. The second kappa shape index (κ2) is 9.61. The molecule has 164 valence electrons. The smallest absolute Gasteiger partial charge is 0.411 e. The van der Waals surface area contributed by atoms with Crippen molar-refractivity contribution in [1.82, 2.24) is 14.8 Å². The fourth-order valence-corrected chi connectivity index (χ4v) is 3.92. The second-order valence-corrected chi connectivity index (χ2v) is 7.88. The normalized spacial score (nSPS) is 13.0. The molecule has 0 radical (unpaired) electrons. The van der Waals surface area contributed by atoms with Crippen LogP contribution in [0.25, 0.3) is 11.4 Å². The monoisotopic (exact) mass is 451 g/mol. The molecule has 0 unspecified atom stereocenters. The maximum atomic E-state index is 12.2. The summed E-state index contributed by atoms with van der Waals surface area (Å²) in [5.74, 6) is 2.69. The molecule has 0 amide bonds. The number of ether oxygens (including phenoxy) is 3. The van der Waals surface area contributed by atoms with Gasteiger partial charge in [0.2, 0.25) is 6.79 Å². The Morgan fingerprint density at radius 3 is 2.65 bits per heavy atom. The third kappa shape index (κ3) is 5.71. The van der Waals surface area contributed by atoms with Gasteiger partial charge >= 0.3 is 6.18 Å². The maximum absolute atomic E-state index is 12.2. The molecule has 0 fully saturated rings. The van der Waals surface area contributed by atoms with Crippen LogP contribution in [0.2, 0.25) is 0 Å². The van der Waals surface area contributed by atoms with Gasteiger partial charge in [-0.05, 0) is 24.1 Å². The molecular formula is C21H20F3N3O3S. The van der Waals surface area contributed by atoms with Crippen LogP contribution in [0.3, 0.4) is 0 Å². The van der Waals surface area contributed by atoms with Crippen LogP contribution in [0.5, 0.6) is 11.5 Å². The van der Waals surface area contributed by atoms with E-state index in [1.54, 1.807) is 0 Å². The van der Waals surface area contributed by atoms with Crippen LogP contribution in [0.4, 0.5) is 13.2 Å². The van der Waals surface area contributed by atoms with Gasteiger partial charge in [-0.25, -0.2) is 0 Å². The Bertz CT molecular complexity index is 1010. The van der Waals surface area contributed by atoms with Crippen LogP contribution in [-0.2, 0) is 11.3 Å². The van der Waals surface area contributed by atoms with Gasteiger partial charge in [0.05, 0.1) is 6.54 Å². The van der Waals surface area contributed by atoms with E-state index in [9.17, 15) is 13.2 Å². The molecule has 3 aromatic rings. The van der Waals surface area contributed by atoms with Crippen LogP contribution in [0.15, 0.2) is 53.7 Å². The molecule has 0 saturated carbocycles. The lowest BCUT2D eigenvalue weighted by Crippen LogP contribution is -2.17. The minimum absolute atomic E-state index is 0.0361. The number of hydrogen-bond donors (Lipinski definition) is 0. The molecule has 0 atom stereocenters. The summed E-state index contributed by atoms with van der Waals surface area (Å²) in [6.07, 6.45) is -3.83. The summed E-state index contributed by atoms with van der Waals surface area (Å²) in [6, 6.07) is 15.5. The summed E-state index contributed by atoms with van der Waals surface area (Å²) < 4.78 is 54.0. The quantitative estimate of drug-likeness (QED) is 0.345. The van der Waals surface area contributed by atoms with Crippen molar-refractivity contribution in [3.05, 3.63) is 54.1 Å². The van der Waals surface area contributed by atoms with Crippen molar-refractivity contribution >= 4 is 11.8 Å². The predicted octanol–water partition coefficient (Wildman–Crippen LogP) is 4.78. The summed E-state index contributed by atoms with van der Waals surface area (Å²) in [6.45, 7) is -0.469. The average molecular weight is 451 g/mol. The fourth-order valence-electron chi connectivity index (χ4n) is 3.07. The van der Waals surface area contributed by atoms with Gasteiger partial charge in [0.1, 0.15) is 6.61 Å². The number of alkyl halides is 3. The number of aromatic nitrogens is 3.